The maximum absolute atomic E-state index is 11.5. The molecule has 3 N–H and O–H groups in total. The molecule has 0 aliphatic carbocycles. The highest BCUT2D eigenvalue weighted by Gasteiger charge is 2.25. The summed E-state index contributed by atoms with van der Waals surface area (Å²) < 4.78 is 5.43. The fourth-order valence-electron chi connectivity index (χ4n) is 2.31. The standard InChI is InChI=1S/C16H14N4O7/c1-8(21)11-4-6-14(15(17)16(11)20(25)26)27-10-3-5-12(18-9(2)22)13(7-10)19(23)24/h3-7H,17H2,1-2H3,(H,18,22). The van der Waals surface area contributed by atoms with Crippen LogP contribution in [0, 0.1) is 20.2 Å². The summed E-state index contributed by atoms with van der Waals surface area (Å²) in [7, 11) is 0. The Bertz CT molecular complexity index is 971. The number of benzene rings is 2. The fourth-order valence-corrected chi connectivity index (χ4v) is 2.31. The summed E-state index contributed by atoms with van der Waals surface area (Å²) in [5, 5.41) is 24.7. The third-order valence-corrected chi connectivity index (χ3v) is 3.44. The van der Waals surface area contributed by atoms with Gasteiger partial charge in [0.1, 0.15) is 11.4 Å². The van der Waals surface area contributed by atoms with Gasteiger partial charge in [-0.25, -0.2) is 0 Å². The van der Waals surface area contributed by atoms with E-state index in [0.717, 1.165) is 13.0 Å². The van der Waals surface area contributed by atoms with E-state index in [0.29, 0.717) is 0 Å². The number of nitrogens with one attached hydrogen (secondary N) is 1. The topological polar surface area (TPSA) is 168 Å². The van der Waals surface area contributed by atoms with E-state index >= 15 is 0 Å². The Labute approximate surface area is 152 Å². The van der Waals surface area contributed by atoms with Gasteiger partial charge in [0.15, 0.2) is 17.2 Å². The first-order valence-corrected chi connectivity index (χ1v) is 7.43. The van der Waals surface area contributed by atoms with Crippen LogP contribution in [0.15, 0.2) is 30.3 Å². The normalized spacial score (nSPS) is 10.1. The molecule has 2 aromatic rings. The minimum Gasteiger partial charge on any atom is -0.455 e. The Hall–Kier alpha value is -4.02. The van der Waals surface area contributed by atoms with Crippen molar-refractivity contribution in [1.29, 1.82) is 0 Å². The molecule has 0 bridgehead atoms. The molecule has 11 heteroatoms. The van der Waals surface area contributed by atoms with Crippen molar-refractivity contribution >= 4 is 34.4 Å². The molecule has 27 heavy (non-hydrogen) atoms. The molecular formula is C16H14N4O7. The number of ether oxygens (including phenoxy) is 1. The third kappa shape index (κ3) is 4.15. The highest BCUT2D eigenvalue weighted by Crippen LogP contribution is 2.39. The number of nitro groups is 2. The molecule has 0 radical (unpaired) electrons. The molecule has 11 nitrogen and oxygen atoms in total. The third-order valence-electron chi connectivity index (χ3n) is 3.44. The number of hydrogen-bond acceptors (Lipinski definition) is 8. The van der Waals surface area contributed by atoms with E-state index in [1.165, 1.54) is 31.2 Å². The number of anilines is 2. The minimum atomic E-state index is -0.804. The highest BCUT2D eigenvalue weighted by atomic mass is 16.6. The summed E-state index contributed by atoms with van der Waals surface area (Å²) in [5.41, 5.74) is 4.11. The molecule has 0 saturated heterocycles. The Morgan fingerprint density at radius 1 is 1.07 bits per heavy atom. The lowest BCUT2D eigenvalue weighted by Gasteiger charge is -2.11. The molecule has 2 aromatic carbocycles. The van der Waals surface area contributed by atoms with Gasteiger partial charge in [0.05, 0.1) is 21.5 Å². The van der Waals surface area contributed by atoms with Crippen molar-refractivity contribution in [2.75, 3.05) is 11.1 Å². The summed E-state index contributed by atoms with van der Waals surface area (Å²) in [5.74, 6) is -1.22. The summed E-state index contributed by atoms with van der Waals surface area (Å²) in [6.07, 6.45) is 0. The Kier molecular flexibility index (Phi) is 5.34. The van der Waals surface area contributed by atoms with Gasteiger partial charge in [-0.05, 0) is 31.2 Å². The van der Waals surface area contributed by atoms with Gasteiger partial charge in [-0.2, -0.15) is 0 Å². The lowest BCUT2D eigenvalue weighted by atomic mass is 10.1. The van der Waals surface area contributed by atoms with Crippen molar-refractivity contribution < 1.29 is 24.2 Å². The Morgan fingerprint density at radius 2 is 1.74 bits per heavy atom. The van der Waals surface area contributed by atoms with E-state index in [2.05, 4.69) is 5.32 Å². The molecule has 0 aliphatic rings. The summed E-state index contributed by atoms with van der Waals surface area (Å²) in [6, 6.07) is 6.06. The number of nitro benzene ring substituents is 2. The number of nitrogen functional groups attached to an aromatic ring is 1. The number of Topliss-reactive ketones (excluding diaryl/α,β-unsaturated/α-hetero) is 1. The zero-order valence-electron chi connectivity index (χ0n) is 14.2. The first kappa shape index (κ1) is 19.3. The van der Waals surface area contributed by atoms with Crippen LogP contribution in [0.5, 0.6) is 11.5 Å². The maximum Gasteiger partial charge on any atom is 0.306 e. The van der Waals surface area contributed by atoms with Crippen LogP contribution >= 0.6 is 0 Å². The molecule has 2 rings (SSSR count). The van der Waals surface area contributed by atoms with E-state index in [-0.39, 0.29) is 28.4 Å². The second kappa shape index (κ2) is 7.47. The molecular weight excluding hydrogens is 360 g/mol. The van der Waals surface area contributed by atoms with Crippen molar-refractivity contribution in [2.45, 2.75) is 13.8 Å². The number of amides is 1. The smallest absolute Gasteiger partial charge is 0.306 e. The molecule has 140 valence electrons. The number of carbonyl (C=O) groups excluding carboxylic acids is 2. The largest absolute Gasteiger partial charge is 0.455 e. The molecule has 0 aromatic heterocycles. The predicted molar refractivity (Wildman–Crippen MR) is 95.0 cm³/mol. The van der Waals surface area contributed by atoms with E-state index in [4.69, 9.17) is 10.5 Å². The van der Waals surface area contributed by atoms with E-state index in [1.54, 1.807) is 0 Å². The molecule has 0 unspecified atom stereocenters. The van der Waals surface area contributed by atoms with Crippen LogP contribution in [0.2, 0.25) is 0 Å². The number of rotatable bonds is 6. The zero-order valence-corrected chi connectivity index (χ0v) is 14.2. The van der Waals surface area contributed by atoms with Gasteiger partial charge < -0.3 is 15.8 Å². The number of nitrogens with two attached hydrogens (primary N) is 1. The minimum absolute atomic E-state index is 0.0348. The predicted octanol–water partition coefficient (Wildman–Crippen LogP) is 3.04. The molecule has 0 spiro atoms. The van der Waals surface area contributed by atoms with Crippen molar-refractivity contribution in [3.63, 3.8) is 0 Å². The van der Waals surface area contributed by atoms with E-state index in [1.807, 2.05) is 0 Å². The lowest BCUT2D eigenvalue weighted by molar-refractivity contribution is -0.384. The SMILES string of the molecule is CC(=O)Nc1ccc(Oc2ccc(C(C)=O)c([N+](=O)[O-])c2N)cc1[N+](=O)[O-]. The lowest BCUT2D eigenvalue weighted by Crippen LogP contribution is -2.08. The summed E-state index contributed by atoms with van der Waals surface area (Å²) in [6.45, 7) is 2.36. The molecule has 0 aliphatic heterocycles. The van der Waals surface area contributed by atoms with Gasteiger partial charge in [-0.15, -0.1) is 0 Å². The van der Waals surface area contributed by atoms with Gasteiger partial charge in [0, 0.05) is 6.92 Å². The average molecular weight is 374 g/mol. The van der Waals surface area contributed by atoms with Crippen LogP contribution in [0.25, 0.3) is 0 Å². The Morgan fingerprint density at radius 3 is 2.26 bits per heavy atom. The van der Waals surface area contributed by atoms with Crippen LogP contribution in [0.3, 0.4) is 0 Å². The molecule has 0 heterocycles. The first-order valence-electron chi connectivity index (χ1n) is 7.43. The maximum atomic E-state index is 11.5. The fraction of sp³-hybridized carbons (Fsp3) is 0.125. The summed E-state index contributed by atoms with van der Waals surface area (Å²) in [4.78, 5) is 43.5. The first-order chi connectivity index (χ1) is 12.6. The number of ketones is 1. The number of nitrogens with zero attached hydrogens (tertiary/aromatic N) is 2. The number of carbonyl (C=O) groups is 2. The van der Waals surface area contributed by atoms with Crippen molar-refractivity contribution in [3.8, 4) is 11.5 Å². The molecule has 0 fully saturated rings. The van der Waals surface area contributed by atoms with Crippen LogP contribution in [0.4, 0.5) is 22.7 Å². The molecule has 0 atom stereocenters. The van der Waals surface area contributed by atoms with Crippen molar-refractivity contribution in [3.05, 3.63) is 56.1 Å². The van der Waals surface area contributed by atoms with Crippen LogP contribution < -0.4 is 15.8 Å². The highest BCUT2D eigenvalue weighted by molar-refractivity contribution is 6.01. The molecule has 0 saturated carbocycles. The van der Waals surface area contributed by atoms with Crippen LogP contribution in [-0.2, 0) is 4.79 Å². The average Bonchev–Trinajstić information content (AvgIpc) is 2.56. The van der Waals surface area contributed by atoms with E-state index < -0.39 is 32.9 Å². The van der Waals surface area contributed by atoms with E-state index in [9.17, 15) is 29.8 Å². The van der Waals surface area contributed by atoms with Gasteiger partial charge in [0.2, 0.25) is 5.91 Å². The van der Waals surface area contributed by atoms with Gasteiger partial charge in [0.25, 0.3) is 5.69 Å². The quantitative estimate of drug-likeness (QED) is 0.336. The summed E-state index contributed by atoms with van der Waals surface area (Å²) >= 11 is 0. The monoisotopic (exact) mass is 374 g/mol. The van der Waals surface area contributed by atoms with Crippen LogP contribution in [-0.4, -0.2) is 21.5 Å². The second-order valence-corrected chi connectivity index (χ2v) is 5.41. The van der Waals surface area contributed by atoms with Gasteiger partial charge in [-0.1, -0.05) is 0 Å². The number of hydrogen-bond donors (Lipinski definition) is 2. The van der Waals surface area contributed by atoms with Gasteiger partial charge in [-0.3, -0.25) is 29.8 Å². The second-order valence-electron chi connectivity index (χ2n) is 5.41. The molecule has 1 amide bonds. The van der Waals surface area contributed by atoms with Crippen molar-refractivity contribution in [1.82, 2.24) is 0 Å². The van der Waals surface area contributed by atoms with Crippen LogP contribution in [0.1, 0.15) is 24.2 Å². The van der Waals surface area contributed by atoms with Gasteiger partial charge >= 0.3 is 5.69 Å². The van der Waals surface area contributed by atoms with Crippen molar-refractivity contribution in [2.24, 2.45) is 0 Å². The Balaban J connectivity index is 2.48. The zero-order chi connectivity index (χ0) is 20.3.